The first-order valence-electron chi connectivity index (χ1n) is 8.48. The van der Waals surface area contributed by atoms with Crippen LogP contribution in [0.2, 0.25) is 5.02 Å². The molecule has 140 valence electrons. The molecule has 1 fully saturated rings. The fourth-order valence-electron chi connectivity index (χ4n) is 3.17. The number of hydrogen-bond acceptors (Lipinski definition) is 4. The van der Waals surface area contributed by atoms with E-state index in [9.17, 15) is 14.0 Å². The number of anilines is 2. The van der Waals surface area contributed by atoms with Crippen molar-refractivity contribution in [3.63, 3.8) is 0 Å². The average Bonchev–Trinajstić information content (AvgIpc) is 3.07. The highest BCUT2D eigenvalue weighted by Gasteiger charge is 2.36. The van der Waals surface area contributed by atoms with Crippen molar-refractivity contribution in [2.24, 2.45) is 5.92 Å². The summed E-state index contributed by atoms with van der Waals surface area (Å²) in [5.41, 5.74) is 0.631. The summed E-state index contributed by atoms with van der Waals surface area (Å²) in [5, 5.41) is 2.44. The number of amides is 2. The van der Waals surface area contributed by atoms with E-state index in [1.165, 1.54) is 17.0 Å². The summed E-state index contributed by atoms with van der Waals surface area (Å²) >= 11 is 5.73. The SMILES string of the molecule is O=C(Nc1cccc(Cl)c1F)C1CC(=O)N(c2ccc3c(c2)OCCO3)C1. The van der Waals surface area contributed by atoms with E-state index in [1.54, 1.807) is 24.3 Å². The summed E-state index contributed by atoms with van der Waals surface area (Å²) < 4.78 is 25.0. The lowest BCUT2D eigenvalue weighted by molar-refractivity contribution is -0.122. The van der Waals surface area contributed by atoms with E-state index >= 15 is 0 Å². The standard InChI is InChI=1S/C19H16ClFN2O4/c20-13-2-1-3-14(18(13)21)22-19(25)11-8-17(24)23(10-11)12-4-5-15-16(9-12)27-7-6-26-15/h1-5,9,11H,6-8,10H2,(H,22,25). The Labute approximate surface area is 159 Å². The van der Waals surface area contributed by atoms with Crippen LogP contribution in [0.25, 0.3) is 0 Å². The topological polar surface area (TPSA) is 67.9 Å². The van der Waals surface area contributed by atoms with Crippen LogP contribution in [0.5, 0.6) is 11.5 Å². The Morgan fingerprint density at radius 2 is 1.96 bits per heavy atom. The molecule has 0 aromatic heterocycles. The summed E-state index contributed by atoms with van der Waals surface area (Å²) in [6.45, 7) is 1.13. The fraction of sp³-hybridized carbons (Fsp3) is 0.263. The van der Waals surface area contributed by atoms with Crippen LogP contribution in [0.1, 0.15) is 6.42 Å². The van der Waals surface area contributed by atoms with Crippen molar-refractivity contribution in [3.8, 4) is 11.5 Å². The van der Waals surface area contributed by atoms with E-state index in [1.807, 2.05) is 0 Å². The first-order chi connectivity index (χ1) is 13.0. The van der Waals surface area contributed by atoms with Crippen LogP contribution in [0.3, 0.4) is 0 Å². The zero-order valence-corrected chi connectivity index (χ0v) is 15.0. The van der Waals surface area contributed by atoms with E-state index in [2.05, 4.69) is 5.32 Å². The third-order valence-corrected chi connectivity index (χ3v) is 4.83. The van der Waals surface area contributed by atoms with Crippen molar-refractivity contribution < 1.29 is 23.5 Å². The first-order valence-corrected chi connectivity index (χ1v) is 8.85. The summed E-state index contributed by atoms with van der Waals surface area (Å²) in [6.07, 6.45) is 0.0441. The van der Waals surface area contributed by atoms with Crippen LogP contribution in [-0.4, -0.2) is 31.6 Å². The van der Waals surface area contributed by atoms with Gasteiger partial charge in [0, 0.05) is 24.7 Å². The maximum Gasteiger partial charge on any atom is 0.229 e. The molecule has 1 saturated heterocycles. The van der Waals surface area contributed by atoms with Crippen molar-refractivity contribution >= 4 is 34.8 Å². The predicted molar refractivity (Wildman–Crippen MR) is 97.9 cm³/mol. The number of carbonyl (C=O) groups is 2. The minimum atomic E-state index is -0.694. The molecule has 0 spiro atoms. The molecular weight excluding hydrogens is 375 g/mol. The molecule has 1 unspecified atom stereocenters. The highest BCUT2D eigenvalue weighted by molar-refractivity contribution is 6.31. The molecule has 2 aromatic rings. The fourth-order valence-corrected chi connectivity index (χ4v) is 3.34. The van der Waals surface area contributed by atoms with Gasteiger partial charge in [-0.3, -0.25) is 9.59 Å². The van der Waals surface area contributed by atoms with Crippen molar-refractivity contribution in [2.75, 3.05) is 30.0 Å². The molecule has 2 amide bonds. The smallest absolute Gasteiger partial charge is 0.229 e. The van der Waals surface area contributed by atoms with Gasteiger partial charge in [0.15, 0.2) is 17.3 Å². The van der Waals surface area contributed by atoms with Crippen molar-refractivity contribution in [1.29, 1.82) is 0 Å². The average molecular weight is 391 g/mol. The Kier molecular flexibility index (Phi) is 4.61. The normalized spacial score (nSPS) is 18.5. The maximum absolute atomic E-state index is 14.0. The first kappa shape index (κ1) is 17.6. The number of carbonyl (C=O) groups excluding carboxylic acids is 2. The Bertz CT molecular complexity index is 921. The van der Waals surface area contributed by atoms with Gasteiger partial charge in [0.25, 0.3) is 0 Å². The molecule has 2 aromatic carbocycles. The number of nitrogens with one attached hydrogen (secondary N) is 1. The van der Waals surface area contributed by atoms with E-state index in [0.29, 0.717) is 30.4 Å². The van der Waals surface area contributed by atoms with Gasteiger partial charge >= 0.3 is 0 Å². The Morgan fingerprint density at radius 3 is 2.78 bits per heavy atom. The second-order valence-corrected chi connectivity index (χ2v) is 6.73. The van der Waals surface area contributed by atoms with Crippen LogP contribution in [0.15, 0.2) is 36.4 Å². The van der Waals surface area contributed by atoms with Gasteiger partial charge < -0.3 is 19.7 Å². The summed E-state index contributed by atoms with van der Waals surface area (Å²) in [4.78, 5) is 26.4. The lowest BCUT2D eigenvalue weighted by Crippen LogP contribution is -2.28. The van der Waals surface area contributed by atoms with Gasteiger partial charge in [-0.1, -0.05) is 17.7 Å². The molecule has 6 nitrogen and oxygen atoms in total. The quantitative estimate of drug-likeness (QED) is 0.873. The minimum Gasteiger partial charge on any atom is -0.486 e. The number of hydrogen-bond donors (Lipinski definition) is 1. The lowest BCUT2D eigenvalue weighted by Gasteiger charge is -2.22. The zero-order valence-electron chi connectivity index (χ0n) is 14.2. The minimum absolute atomic E-state index is 0.00210. The van der Waals surface area contributed by atoms with Crippen LogP contribution >= 0.6 is 11.6 Å². The van der Waals surface area contributed by atoms with E-state index in [4.69, 9.17) is 21.1 Å². The van der Waals surface area contributed by atoms with Gasteiger partial charge in [-0.15, -0.1) is 0 Å². The molecule has 2 aliphatic heterocycles. The van der Waals surface area contributed by atoms with Crippen LogP contribution in [0.4, 0.5) is 15.8 Å². The molecule has 1 atom stereocenters. The highest BCUT2D eigenvalue weighted by atomic mass is 35.5. The summed E-state index contributed by atoms with van der Waals surface area (Å²) in [5.74, 6) is -0.699. The Morgan fingerprint density at radius 1 is 1.19 bits per heavy atom. The molecule has 1 N–H and O–H groups in total. The van der Waals surface area contributed by atoms with Gasteiger partial charge in [-0.2, -0.15) is 0 Å². The third-order valence-electron chi connectivity index (χ3n) is 4.54. The van der Waals surface area contributed by atoms with E-state index in [0.717, 1.165) is 0 Å². The molecule has 8 heteroatoms. The van der Waals surface area contributed by atoms with Gasteiger partial charge in [0.1, 0.15) is 13.2 Å². The maximum atomic E-state index is 14.0. The second-order valence-electron chi connectivity index (χ2n) is 6.32. The number of halogens is 2. The molecular formula is C19H16ClFN2O4. The Balaban J connectivity index is 1.49. The lowest BCUT2D eigenvalue weighted by atomic mass is 10.1. The zero-order chi connectivity index (χ0) is 19.0. The van der Waals surface area contributed by atoms with Gasteiger partial charge in [0.05, 0.1) is 16.6 Å². The molecule has 2 aliphatic rings. The van der Waals surface area contributed by atoms with Crippen LogP contribution < -0.4 is 19.7 Å². The number of benzene rings is 2. The predicted octanol–water partition coefficient (Wildman–Crippen LogP) is 3.24. The third kappa shape index (κ3) is 3.42. The molecule has 4 rings (SSSR count). The number of ether oxygens (including phenoxy) is 2. The molecule has 0 saturated carbocycles. The number of nitrogens with zero attached hydrogens (tertiary/aromatic N) is 1. The Hall–Kier alpha value is -2.80. The van der Waals surface area contributed by atoms with E-state index < -0.39 is 17.6 Å². The highest BCUT2D eigenvalue weighted by Crippen LogP contribution is 2.36. The van der Waals surface area contributed by atoms with Gasteiger partial charge in [0.2, 0.25) is 11.8 Å². The molecule has 0 aliphatic carbocycles. The molecule has 27 heavy (non-hydrogen) atoms. The monoisotopic (exact) mass is 390 g/mol. The second kappa shape index (κ2) is 7.08. The largest absolute Gasteiger partial charge is 0.486 e. The summed E-state index contributed by atoms with van der Waals surface area (Å²) in [7, 11) is 0. The number of rotatable bonds is 3. The molecule has 0 radical (unpaired) electrons. The molecule has 2 heterocycles. The number of fused-ring (bicyclic) bond motifs is 1. The van der Waals surface area contributed by atoms with Gasteiger partial charge in [-0.25, -0.2) is 4.39 Å². The van der Waals surface area contributed by atoms with Crippen LogP contribution in [-0.2, 0) is 9.59 Å². The van der Waals surface area contributed by atoms with Gasteiger partial charge in [-0.05, 0) is 24.3 Å². The van der Waals surface area contributed by atoms with E-state index in [-0.39, 0.29) is 29.6 Å². The van der Waals surface area contributed by atoms with Crippen molar-refractivity contribution in [2.45, 2.75) is 6.42 Å². The van der Waals surface area contributed by atoms with Crippen molar-refractivity contribution in [3.05, 3.63) is 47.2 Å². The van der Waals surface area contributed by atoms with Crippen LogP contribution in [0, 0.1) is 11.7 Å². The molecule has 0 bridgehead atoms. The summed E-state index contributed by atoms with van der Waals surface area (Å²) in [6, 6.07) is 9.59. The van der Waals surface area contributed by atoms with Crippen molar-refractivity contribution in [1.82, 2.24) is 0 Å².